The van der Waals surface area contributed by atoms with Crippen molar-refractivity contribution in [2.24, 2.45) is 11.3 Å². The number of rotatable bonds is 4. The number of piperazine rings is 1. The molecule has 35 heavy (non-hydrogen) atoms. The van der Waals surface area contributed by atoms with Crippen LogP contribution in [0.25, 0.3) is 10.2 Å². The second-order valence-corrected chi connectivity index (χ2v) is 11.9. The fourth-order valence-electron chi connectivity index (χ4n) is 5.37. The van der Waals surface area contributed by atoms with E-state index in [4.69, 9.17) is 4.98 Å². The molecule has 6 nitrogen and oxygen atoms in total. The molecule has 2 aromatic heterocycles. The van der Waals surface area contributed by atoms with Gasteiger partial charge < -0.3 is 14.8 Å². The molecule has 1 aromatic carbocycles. The SMILES string of the molecule is CC(C)(C)[C@H]1CCc2c(sc3nc(CCC(=O)N4CCN(c5ccccc5F)CC4)[nH]c(=O)c23)C1. The predicted octanol–water partition coefficient (Wildman–Crippen LogP) is 4.56. The maximum Gasteiger partial charge on any atom is 0.259 e. The van der Waals surface area contributed by atoms with Crippen molar-refractivity contribution in [2.45, 2.75) is 52.9 Å². The summed E-state index contributed by atoms with van der Waals surface area (Å²) in [6, 6.07) is 6.75. The summed E-state index contributed by atoms with van der Waals surface area (Å²) in [5.74, 6) is 0.992. The second kappa shape index (κ2) is 9.37. The quantitative estimate of drug-likeness (QED) is 0.575. The molecule has 0 unspecified atom stereocenters. The number of carbonyl (C=O) groups is 1. The second-order valence-electron chi connectivity index (χ2n) is 10.8. The van der Waals surface area contributed by atoms with Gasteiger partial charge >= 0.3 is 0 Å². The molecule has 1 atom stereocenters. The summed E-state index contributed by atoms with van der Waals surface area (Å²) >= 11 is 1.65. The number of fused-ring (bicyclic) bond motifs is 3. The minimum atomic E-state index is -0.234. The van der Waals surface area contributed by atoms with Crippen LogP contribution in [-0.2, 0) is 24.1 Å². The van der Waals surface area contributed by atoms with Gasteiger partial charge in [-0.25, -0.2) is 9.37 Å². The zero-order valence-corrected chi connectivity index (χ0v) is 21.5. The van der Waals surface area contributed by atoms with Crippen LogP contribution >= 0.6 is 11.3 Å². The molecule has 5 rings (SSSR count). The molecule has 186 valence electrons. The van der Waals surface area contributed by atoms with Gasteiger partial charge in [0.15, 0.2) is 0 Å². The van der Waals surface area contributed by atoms with Gasteiger partial charge in [0, 0.05) is 43.9 Å². The third-order valence-corrected chi connectivity index (χ3v) is 8.74. The van der Waals surface area contributed by atoms with E-state index in [1.54, 1.807) is 23.5 Å². The number of carbonyl (C=O) groups excluding carboxylic acids is 1. The van der Waals surface area contributed by atoms with E-state index >= 15 is 0 Å². The first-order valence-corrected chi connectivity index (χ1v) is 13.3. The number of aromatic nitrogens is 2. The molecule has 0 radical (unpaired) electrons. The lowest BCUT2D eigenvalue weighted by atomic mass is 9.72. The molecule has 1 saturated heterocycles. The van der Waals surface area contributed by atoms with Crippen molar-refractivity contribution in [1.82, 2.24) is 14.9 Å². The number of benzene rings is 1. The van der Waals surface area contributed by atoms with Gasteiger partial charge in [0.2, 0.25) is 5.91 Å². The molecule has 0 bridgehead atoms. The first kappa shape index (κ1) is 24.0. The van der Waals surface area contributed by atoms with Crippen LogP contribution in [0.1, 0.15) is 49.9 Å². The lowest BCUT2D eigenvalue weighted by Gasteiger charge is -2.36. The van der Waals surface area contributed by atoms with Gasteiger partial charge in [-0.2, -0.15) is 0 Å². The molecule has 1 aliphatic carbocycles. The summed E-state index contributed by atoms with van der Waals surface area (Å²) in [7, 11) is 0. The Labute approximate surface area is 209 Å². The number of para-hydroxylation sites is 1. The summed E-state index contributed by atoms with van der Waals surface area (Å²) in [4.78, 5) is 39.4. The van der Waals surface area contributed by atoms with Crippen molar-refractivity contribution < 1.29 is 9.18 Å². The summed E-state index contributed by atoms with van der Waals surface area (Å²) in [5, 5.41) is 0.747. The van der Waals surface area contributed by atoms with Crippen LogP contribution in [0, 0.1) is 17.2 Å². The number of aryl methyl sites for hydroxylation is 2. The maximum atomic E-state index is 14.1. The Morgan fingerprint density at radius 3 is 2.66 bits per heavy atom. The van der Waals surface area contributed by atoms with Crippen LogP contribution in [0.4, 0.5) is 10.1 Å². The van der Waals surface area contributed by atoms with Crippen LogP contribution in [-0.4, -0.2) is 47.0 Å². The number of thiophene rings is 1. The van der Waals surface area contributed by atoms with Crippen LogP contribution in [0.2, 0.25) is 0 Å². The van der Waals surface area contributed by atoms with E-state index in [1.807, 2.05) is 15.9 Å². The number of aromatic amines is 1. The fraction of sp³-hybridized carbons (Fsp3) is 0.519. The normalized spacial score (nSPS) is 18.7. The third-order valence-electron chi connectivity index (χ3n) is 7.59. The van der Waals surface area contributed by atoms with Gasteiger partial charge in [0.05, 0.1) is 11.1 Å². The minimum absolute atomic E-state index is 0.0411. The molecule has 2 aliphatic rings. The van der Waals surface area contributed by atoms with Crippen LogP contribution in [0.5, 0.6) is 0 Å². The molecule has 8 heteroatoms. The van der Waals surface area contributed by atoms with Crippen LogP contribution < -0.4 is 10.5 Å². The Hall–Kier alpha value is -2.74. The summed E-state index contributed by atoms with van der Waals surface area (Å²) in [6.07, 6.45) is 3.74. The van der Waals surface area contributed by atoms with E-state index in [9.17, 15) is 14.0 Å². The van der Waals surface area contributed by atoms with Gasteiger partial charge in [-0.15, -0.1) is 11.3 Å². The smallest absolute Gasteiger partial charge is 0.259 e. The van der Waals surface area contributed by atoms with E-state index < -0.39 is 0 Å². The van der Waals surface area contributed by atoms with Crippen molar-refractivity contribution in [3.63, 3.8) is 0 Å². The van der Waals surface area contributed by atoms with Gasteiger partial charge in [-0.1, -0.05) is 32.9 Å². The molecule has 1 aliphatic heterocycles. The number of hydrogen-bond donors (Lipinski definition) is 1. The number of halogens is 1. The van der Waals surface area contributed by atoms with Gasteiger partial charge in [-0.05, 0) is 48.3 Å². The highest BCUT2D eigenvalue weighted by Gasteiger charge is 2.31. The standard InChI is InChI=1S/C27H33FN4O2S/c1-27(2,3)17-8-9-18-21(16-17)35-26-24(18)25(34)29-22(30-26)10-11-23(33)32-14-12-31(13-15-32)20-7-5-4-6-19(20)28/h4-7,17H,8-16H2,1-3H3,(H,29,30,34)/t17-/m0/s1. The van der Waals surface area contributed by atoms with Gasteiger partial charge in [-0.3, -0.25) is 9.59 Å². The molecule has 1 N–H and O–H groups in total. The number of amides is 1. The van der Waals surface area contributed by atoms with Crippen LogP contribution in [0.3, 0.4) is 0 Å². The van der Waals surface area contributed by atoms with E-state index in [1.165, 1.54) is 16.5 Å². The predicted molar refractivity (Wildman–Crippen MR) is 139 cm³/mol. The Kier molecular flexibility index (Phi) is 6.42. The molecule has 1 fully saturated rings. The fourth-order valence-corrected chi connectivity index (χ4v) is 6.69. The number of H-pyrrole nitrogens is 1. The highest BCUT2D eigenvalue weighted by atomic mass is 32.1. The Morgan fingerprint density at radius 1 is 1.20 bits per heavy atom. The van der Waals surface area contributed by atoms with E-state index in [2.05, 4.69) is 25.8 Å². The van der Waals surface area contributed by atoms with Gasteiger partial charge in [0.1, 0.15) is 16.5 Å². The topological polar surface area (TPSA) is 69.3 Å². The first-order chi connectivity index (χ1) is 16.7. The molecule has 0 spiro atoms. The highest BCUT2D eigenvalue weighted by Crippen LogP contribution is 2.42. The number of nitrogens with one attached hydrogen (secondary N) is 1. The molecule has 0 saturated carbocycles. The Morgan fingerprint density at radius 2 is 1.94 bits per heavy atom. The summed E-state index contributed by atoms with van der Waals surface area (Å²) in [6.45, 7) is 9.18. The van der Waals surface area contributed by atoms with Crippen molar-refractivity contribution in [2.75, 3.05) is 31.1 Å². The lowest BCUT2D eigenvalue weighted by molar-refractivity contribution is -0.131. The molecule has 1 amide bonds. The maximum absolute atomic E-state index is 14.1. The monoisotopic (exact) mass is 496 g/mol. The molecule has 3 heterocycles. The van der Waals surface area contributed by atoms with Gasteiger partial charge in [0.25, 0.3) is 5.56 Å². The van der Waals surface area contributed by atoms with E-state index in [0.717, 1.165) is 29.5 Å². The Bertz CT molecular complexity index is 1300. The van der Waals surface area contributed by atoms with Crippen molar-refractivity contribution in [3.8, 4) is 0 Å². The average molecular weight is 497 g/mol. The van der Waals surface area contributed by atoms with Crippen molar-refractivity contribution in [1.29, 1.82) is 0 Å². The van der Waals surface area contributed by atoms with Crippen molar-refractivity contribution >= 4 is 33.1 Å². The zero-order valence-electron chi connectivity index (χ0n) is 20.7. The molecule has 3 aromatic rings. The molecular weight excluding hydrogens is 463 g/mol. The molecular formula is C27H33FN4O2S. The summed E-state index contributed by atoms with van der Waals surface area (Å²) in [5.41, 5.74) is 1.93. The number of hydrogen-bond acceptors (Lipinski definition) is 5. The summed E-state index contributed by atoms with van der Waals surface area (Å²) < 4.78 is 14.1. The largest absolute Gasteiger partial charge is 0.366 e. The van der Waals surface area contributed by atoms with Crippen molar-refractivity contribution in [3.05, 3.63) is 56.7 Å². The zero-order chi connectivity index (χ0) is 24.7. The van der Waals surface area contributed by atoms with E-state index in [0.29, 0.717) is 56.5 Å². The number of anilines is 1. The number of nitrogens with zero attached hydrogens (tertiary/aromatic N) is 3. The third kappa shape index (κ3) is 4.85. The van der Waals surface area contributed by atoms with E-state index in [-0.39, 0.29) is 22.7 Å². The first-order valence-electron chi connectivity index (χ1n) is 12.5. The lowest BCUT2D eigenvalue weighted by Crippen LogP contribution is -2.49. The Balaban J connectivity index is 1.22. The highest BCUT2D eigenvalue weighted by molar-refractivity contribution is 7.18. The average Bonchev–Trinajstić information content (AvgIpc) is 3.20. The van der Waals surface area contributed by atoms with Crippen LogP contribution in [0.15, 0.2) is 29.1 Å². The minimum Gasteiger partial charge on any atom is -0.366 e.